The van der Waals surface area contributed by atoms with Gasteiger partial charge in [-0.05, 0) is 31.6 Å². The van der Waals surface area contributed by atoms with Crippen molar-refractivity contribution in [2.24, 2.45) is 11.8 Å². The second-order valence-electron chi connectivity index (χ2n) is 5.82. The monoisotopic (exact) mass is 309 g/mol. The maximum absolute atomic E-state index is 11.8. The number of aliphatic carboxylic acids is 1. The number of hydrogen-bond acceptors (Lipinski definition) is 4. The van der Waals surface area contributed by atoms with Crippen LogP contribution < -0.4 is 10.6 Å². The van der Waals surface area contributed by atoms with E-state index in [1.54, 1.807) is 0 Å². The molecule has 0 aromatic carbocycles. The molecule has 2 aliphatic rings. The largest absolute Gasteiger partial charge is 0.481 e. The second kappa shape index (κ2) is 6.01. The summed E-state index contributed by atoms with van der Waals surface area (Å²) in [4.78, 5) is 27.3. The summed E-state index contributed by atoms with van der Waals surface area (Å²) in [5.41, 5.74) is 1.07. The minimum absolute atomic E-state index is 0.0339. The average Bonchev–Trinajstić information content (AvgIpc) is 3.00. The molecule has 114 valence electrons. The highest BCUT2D eigenvalue weighted by Crippen LogP contribution is 2.40. The molecule has 3 N–H and O–H groups in total. The zero-order valence-corrected chi connectivity index (χ0v) is 12.5. The van der Waals surface area contributed by atoms with Crippen LogP contribution >= 0.6 is 11.3 Å². The van der Waals surface area contributed by atoms with Gasteiger partial charge in [0.25, 0.3) is 0 Å². The van der Waals surface area contributed by atoms with E-state index >= 15 is 0 Å². The van der Waals surface area contributed by atoms with Crippen LogP contribution in [0.2, 0.25) is 0 Å². The highest BCUT2D eigenvalue weighted by atomic mass is 32.1. The first-order chi connectivity index (χ1) is 10.1. The van der Waals surface area contributed by atoms with Gasteiger partial charge in [0.15, 0.2) is 5.13 Å². The molecule has 2 aliphatic carbocycles. The van der Waals surface area contributed by atoms with Gasteiger partial charge in [0.1, 0.15) is 0 Å². The van der Waals surface area contributed by atoms with Crippen molar-refractivity contribution in [1.29, 1.82) is 0 Å². The van der Waals surface area contributed by atoms with Crippen molar-refractivity contribution in [1.82, 2.24) is 10.3 Å². The molecule has 2 atom stereocenters. The lowest BCUT2D eigenvalue weighted by molar-refractivity contribution is -0.142. The van der Waals surface area contributed by atoms with Crippen molar-refractivity contribution in [2.45, 2.75) is 38.0 Å². The van der Waals surface area contributed by atoms with E-state index in [0.29, 0.717) is 24.0 Å². The number of carboxylic acid groups (broad SMARTS) is 1. The quantitative estimate of drug-likeness (QED) is 0.779. The fourth-order valence-corrected chi connectivity index (χ4v) is 3.67. The van der Waals surface area contributed by atoms with Crippen LogP contribution in [0.15, 0.2) is 5.38 Å². The molecule has 21 heavy (non-hydrogen) atoms. The minimum Gasteiger partial charge on any atom is -0.481 e. The Bertz CT molecular complexity index is 541. The number of thiazole rings is 1. The predicted octanol–water partition coefficient (Wildman–Crippen LogP) is 2.64. The van der Waals surface area contributed by atoms with E-state index in [-0.39, 0.29) is 17.9 Å². The smallest absolute Gasteiger partial charge is 0.321 e. The molecule has 2 saturated carbocycles. The average molecular weight is 309 g/mol. The van der Waals surface area contributed by atoms with Gasteiger partial charge in [0.05, 0.1) is 11.6 Å². The summed E-state index contributed by atoms with van der Waals surface area (Å²) in [6.45, 7) is 0.406. The fourth-order valence-electron chi connectivity index (χ4n) is 2.88. The Labute approximate surface area is 127 Å². The molecule has 1 aromatic heterocycles. The molecule has 0 radical (unpaired) electrons. The van der Waals surface area contributed by atoms with Crippen LogP contribution in [-0.4, -0.2) is 28.6 Å². The number of anilines is 1. The number of hydrogen-bond donors (Lipinski definition) is 3. The highest BCUT2D eigenvalue weighted by Gasteiger charge is 2.33. The topological polar surface area (TPSA) is 91.3 Å². The van der Waals surface area contributed by atoms with E-state index in [4.69, 9.17) is 5.11 Å². The number of amides is 2. The van der Waals surface area contributed by atoms with Crippen molar-refractivity contribution >= 4 is 28.5 Å². The number of nitrogens with one attached hydrogen (secondary N) is 2. The summed E-state index contributed by atoms with van der Waals surface area (Å²) in [5, 5.41) is 17.2. The van der Waals surface area contributed by atoms with Gasteiger partial charge < -0.3 is 10.4 Å². The van der Waals surface area contributed by atoms with Crippen LogP contribution in [0.5, 0.6) is 0 Å². The summed E-state index contributed by atoms with van der Waals surface area (Å²) in [5.74, 6) is -0.471. The molecule has 2 unspecified atom stereocenters. The standard InChI is InChI=1S/C14H19N3O3S/c18-12(19)10-3-1-2-9(10)6-15-13(20)17-14-16-11(7-21-14)8-4-5-8/h7-10H,1-6H2,(H,18,19)(H2,15,16,17,20). The molecule has 1 heterocycles. The maximum Gasteiger partial charge on any atom is 0.321 e. The maximum atomic E-state index is 11.8. The molecular formula is C14H19N3O3S. The zero-order valence-electron chi connectivity index (χ0n) is 11.7. The summed E-state index contributed by atoms with van der Waals surface area (Å²) in [6.07, 6.45) is 4.87. The molecule has 0 saturated heterocycles. The van der Waals surface area contributed by atoms with Gasteiger partial charge >= 0.3 is 12.0 Å². The lowest BCUT2D eigenvalue weighted by atomic mass is 9.96. The van der Waals surface area contributed by atoms with E-state index in [1.165, 1.54) is 24.2 Å². The number of carbonyl (C=O) groups is 2. The van der Waals surface area contributed by atoms with Crippen LogP contribution in [0.1, 0.15) is 43.7 Å². The molecule has 0 spiro atoms. The molecule has 0 bridgehead atoms. The number of urea groups is 1. The van der Waals surface area contributed by atoms with Gasteiger partial charge in [-0.15, -0.1) is 11.3 Å². The van der Waals surface area contributed by atoms with Crippen LogP contribution in [-0.2, 0) is 4.79 Å². The highest BCUT2D eigenvalue weighted by molar-refractivity contribution is 7.13. The Morgan fingerprint density at radius 3 is 2.86 bits per heavy atom. The van der Waals surface area contributed by atoms with E-state index in [2.05, 4.69) is 15.6 Å². The van der Waals surface area contributed by atoms with Crippen molar-refractivity contribution in [2.75, 3.05) is 11.9 Å². The summed E-state index contributed by atoms with van der Waals surface area (Å²) < 4.78 is 0. The Hall–Kier alpha value is -1.63. The van der Waals surface area contributed by atoms with E-state index in [9.17, 15) is 9.59 Å². The third-order valence-corrected chi connectivity index (χ3v) is 5.02. The van der Waals surface area contributed by atoms with Gasteiger partial charge in [-0.1, -0.05) is 6.42 Å². The number of carboxylic acids is 1. The molecule has 2 fully saturated rings. The molecule has 7 heteroatoms. The minimum atomic E-state index is -0.756. The van der Waals surface area contributed by atoms with Gasteiger partial charge in [-0.3, -0.25) is 10.1 Å². The summed E-state index contributed by atoms with van der Waals surface area (Å²) in [6, 6.07) is -0.303. The number of carbonyl (C=O) groups excluding carboxylic acids is 1. The first-order valence-corrected chi connectivity index (χ1v) is 8.24. The summed E-state index contributed by atoms with van der Waals surface area (Å²) >= 11 is 1.43. The third kappa shape index (κ3) is 3.53. The molecule has 1 aromatic rings. The second-order valence-corrected chi connectivity index (χ2v) is 6.68. The number of nitrogens with zero attached hydrogens (tertiary/aromatic N) is 1. The Balaban J connectivity index is 1.46. The third-order valence-electron chi connectivity index (χ3n) is 4.24. The van der Waals surface area contributed by atoms with E-state index < -0.39 is 5.97 Å². The van der Waals surface area contributed by atoms with Crippen LogP contribution in [0.25, 0.3) is 0 Å². The van der Waals surface area contributed by atoms with E-state index in [0.717, 1.165) is 18.5 Å². The van der Waals surface area contributed by atoms with Crippen LogP contribution in [0, 0.1) is 11.8 Å². The normalized spacial score (nSPS) is 24.8. The molecule has 2 amide bonds. The fraction of sp³-hybridized carbons (Fsp3) is 0.643. The van der Waals surface area contributed by atoms with E-state index in [1.807, 2.05) is 5.38 Å². The Morgan fingerprint density at radius 2 is 2.14 bits per heavy atom. The number of rotatable bonds is 5. The zero-order chi connectivity index (χ0) is 14.8. The van der Waals surface area contributed by atoms with Gasteiger partial charge in [0.2, 0.25) is 0 Å². The van der Waals surface area contributed by atoms with Gasteiger partial charge in [-0.25, -0.2) is 9.78 Å². The lowest BCUT2D eigenvalue weighted by Gasteiger charge is -2.16. The first kappa shape index (κ1) is 14.3. The van der Waals surface area contributed by atoms with Crippen molar-refractivity contribution in [3.63, 3.8) is 0 Å². The van der Waals surface area contributed by atoms with Crippen LogP contribution in [0.3, 0.4) is 0 Å². The Kier molecular flexibility index (Phi) is 4.10. The summed E-state index contributed by atoms with van der Waals surface area (Å²) in [7, 11) is 0. The first-order valence-electron chi connectivity index (χ1n) is 7.36. The molecule has 6 nitrogen and oxygen atoms in total. The van der Waals surface area contributed by atoms with Crippen molar-refractivity contribution in [3.8, 4) is 0 Å². The Morgan fingerprint density at radius 1 is 1.33 bits per heavy atom. The van der Waals surface area contributed by atoms with Gasteiger partial charge in [-0.2, -0.15) is 0 Å². The predicted molar refractivity (Wildman–Crippen MR) is 79.6 cm³/mol. The molecular weight excluding hydrogens is 290 g/mol. The molecule has 0 aliphatic heterocycles. The lowest BCUT2D eigenvalue weighted by Crippen LogP contribution is -2.35. The van der Waals surface area contributed by atoms with Crippen molar-refractivity contribution < 1.29 is 14.7 Å². The van der Waals surface area contributed by atoms with Crippen molar-refractivity contribution in [3.05, 3.63) is 11.1 Å². The molecule has 3 rings (SSSR count). The number of aromatic nitrogens is 1. The van der Waals surface area contributed by atoms with Gasteiger partial charge in [0, 0.05) is 17.8 Å². The van der Waals surface area contributed by atoms with Crippen LogP contribution in [0.4, 0.5) is 9.93 Å². The SMILES string of the molecule is O=C(NCC1CCCC1C(=O)O)Nc1nc(C2CC2)cs1.